The SMILES string of the molecule is CCNCC1(CN2CCN(CC(C)C)CC2)CCCOC1. The van der Waals surface area contributed by atoms with Crippen molar-refractivity contribution in [3.8, 4) is 0 Å². The third kappa shape index (κ3) is 5.51. The van der Waals surface area contributed by atoms with Gasteiger partial charge in [0.05, 0.1) is 6.61 Å². The van der Waals surface area contributed by atoms with E-state index in [0.29, 0.717) is 5.41 Å². The second-order valence-electron chi connectivity index (χ2n) is 7.41. The first-order chi connectivity index (χ1) is 10.1. The molecule has 2 fully saturated rings. The maximum Gasteiger partial charge on any atom is 0.0546 e. The number of ether oxygens (including phenoxy) is 1. The Hall–Kier alpha value is -0.160. The van der Waals surface area contributed by atoms with Crippen LogP contribution in [0.3, 0.4) is 0 Å². The van der Waals surface area contributed by atoms with Gasteiger partial charge in [-0.05, 0) is 25.3 Å². The Bertz CT molecular complexity index is 282. The fraction of sp³-hybridized carbons (Fsp3) is 1.00. The molecule has 0 aromatic heterocycles. The smallest absolute Gasteiger partial charge is 0.0546 e. The summed E-state index contributed by atoms with van der Waals surface area (Å²) in [6, 6.07) is 0. The number of nitrogens with one attached hydrogen (secondary N) is 1. The zero-order valence-electron chi connectivity index (χ0n) is 14.4. The highest BCUT2D eigenvalue weighted by atomic mass is 16.5. The van der Waals surface area contributed by atoms with Gasteiger partial charge in [0.15, 0.2) is 0 Å². The predicted octanol–water partition coefficient (Wildman–Crippen LogP) is 1.67. The third-order valence-electron chi connectivity index (χ3n) is 4.80. The molecule has 2 rings (SSSR count). The second kappa shape index (κ2) is 8.47. The minimum atomic E-state index is 0.342. The predicted molar refractivity (Wildman–Crippen MR) is 88.7 cm³/mol. The lowest BCUT2D eigenvalue weighted by Crippen LogP contribution is -2.54. The van der Waals surface area contributed by atoms with Gasteiger partial charge in [-0.2, -0.15) is 0 Å². The molecule has 2 aliphatic heterocycles. The standard InChI is InChI=1S/C17H35N3O/c1-4-18-13-17(6-5-11-21-15-17)14-20-9-7-19(8-10-20)12-16(2)3/h16,18H,4-15H2,1-3H3. The van der Waals surface area contributed by atoms with Crippen molar-refractivity contribution in [2.45, 2.75) is 33.6 Å². The molecule has 1 N–H and O–H groups in total. The summed E-state index contributed by atoms with van der Waals surface area (Å²) in [4.78, 5) is 5.29. The summed E-state index contributed by atoms with van der Waals surface area (Å²) in [6.07, 6.45) is 2.53. The molecule has 0 aromatic carbocycles. The summed E-state index contributed by atoms with van der Waals surface area (Å²) in [5, 5.41) is 3.57. The zero-order chi connectivity index (χ0) is 15.1. The van der Waals surface area contributed by atoms with Gasteiger partial charge < -0.3 is 19.9 Å². The lowest BCUT2D eigenvalue weighted by molar-refractivity contribution is -0.0330. The highest BCUT2D eigenvalue weighted by molar-refractivity contribution is 4.88. The van der Waals surface area contributed by atoms with Crippen molar-refractivity contribution in [2.75, 3.05) is 65.6 Å². The van der Waals surface area contributed by atoms with E-state index in [1.54, 1.807) is 0 Å². The van der Waals surface area contributed by atoms with Gasteiger partial charge in [-0.15, -0.1) is 0 Å². The van der Waals surface area contributed by atoms with Gasteiger partial charge in [-0.3, -0.25) is 0 Å². The average Bonchev–Trinajstić information content (AvgIpc) is 2.48. The minimum Gasteiger partial charge on any atom is -0.381 e. The van der Waals surface area contributed by atoms with Crippen LogP contribution in [0.2, 0.25) is 0 Å². The molecule has 2 saturated heterocycles. The summed E-state index contributed by atoms with van der Waals surface area (Å²) in [6.45, 7) is 18.3. The Balaban J connectivity index is 1.81. The number of piperazine rings is 1. The van der Waals surface area contributed by atoms with Crippen LogP contribution < -0.4 is 5.32 Å². The summed E-state index contributed by atoms with van der Waals surface area (Å²) < 4.78 is 5.82. The van der Waals surface area contributed by atoms with Crippen LogP contribution in [0, 0.1) is 11.3 Å². The van der Waals surface area contributed by atoms with Gasteiger partial charge in [-0.25, -0.2) is 0 Å². The fourth-order valence-corrected chi connectivity index (χ4v) is 3.74. The molecular formula is C17H35N3O. The molecule has 0 aromatic rings. The minimum absolute atomic E-state index is 0.342. The molecule has 2 aliphatic rings. The normalized spacial score (nSPS) is 29.1. The molecule has 4 nitrogen and oxygen atoms in total. The van der Waals surface area contributed by atoms with E-state index in [-0.39, 0.29) is 0 Å². The van der Waals surface area contributed by atoms with E-state index in [1.165, 1.54) is 52.1 Å². The Morgan fingerprint density at radius 3 is 2.43 bits per heavy atom. The quantitative estimate of drug-likeness (QED) is 0.773. The van der Waals surface area contributed by atoms with E-state index in [0.717, 1.165) is 32.2 Å². The van der Waals surface area contributed by atoms with Gasteiger partial charge in [0.25, 0.3) is 0 Å². The van der Waals surface area contributed by atoms with Gasteiger partial charge in [0.1, 0.15) is 0 Å². The molecule has 0 radical (unpaired) electrons. The zero-order valence-corrected chi connectivity index (χ0v) is 14.4. The van der Waals surface area contributed by atoms with Crippen LogP contribution in [-0.4, -0.2) is 75.4 Å². The Morgan fingerprint density at radius 1 is 1.14 bits per heavy atom. The van der Waals surface area contributed by atoms with Crippen molar-refractivity contribution >= 4 is 0 Å². The Morgan fingerprint density at radius 2 is 1.86 bits per heavy atom. The molecule has 21 heavy (non-hydrogen) atoms. The molecule has 0 bridgehead atoms. The molecule has 1 unspecified atom stereocenters. The summed E-state index contributed by atoms with van der Waals surface area (Å²) >= 11 is 0. The van der Waals surface area contributed by atoms with Crippen molar-refractivity contribution in [3.05, 3.63) is 0 Å². The van der Waals surface area contributed by atoms with Gasteiger partial charge in [0, 0.05) is 57.8 Å². The van der Waals surface area contributed by atoms with Crippen molar-refractivity contribution in [2.24, 2.45) is 11.3 Å². The third-order valence-corrected chi connectivity index (χ3v) is 4.80. The molecule has 0 spiro atoms. The van der Waals surface area contributed by atoms with Crippen LogP contribution in [0.25, 0.3) is 0 Å². The van der Waals surface area contributed by atoms with Crippen LogP contribution in [0.4, 0.5) is 0 Å². The van der Waals surface area contributed by atoms with E-state index < -0.39 is 0 Å². The summed E-state index contributed by atoms with van der Waals surface area (Å²) in [5.74, 6) is 0.781. The number of hydrogen-bond donors (Lipinski definition) is 1. The Labute approximate surface area is 131 Å². The topological polar surface area (TPSA) is 27.7 Å². The van der Waals surface area contributed by atoms with Crippen LogP contribution >= 0.6 is 0 Å². The van der Waals surface area contributed by atoms with Crippen LogP contribution in [-0.2, 0) is 4.74 Å². The average molecular weight is 297 g/mol. The molecule has 124 valence electrons. The van der Waals surface area contributed by atoms with Crippen molar-refractivity contribution in [1.82, 2.24) is 15.1 Å². The lowest BCUT2D eigenvalue weighted by Gasteiger charge is -2.44. The summed E-state index contributed by atoms with van der Waals surface area (Å²) in [5.41, 5.74) is 0.342. The first-order valence-corrected chi connectivity index (χ1v) is 8.87. The maximum absolute atomic E-state index is 5.82. The Kier molecular flexibility index (Phi) is 6.93. The summed E-state index contributed by atoms with van der Waals surface area (Å²) in [7, 11) is 0. The van der Waals surface area contributed by atoms with Gasteiger partial charge >= 0.3 is 0 Å². The van der Waals surface area contributed by atoms with Gasteiger partial charge in [0.2, 0.25) is 0 Å². The molecule has 0 aliphatic carbocycles. The number of rotatable bonds is 7. The van der Waals surface area contributed by atoms with Crippen molar-refractivity contribution in [3.63, 3.8) is 0 Å². The van der Waals surface area contributed by atoms with E-state index in [1.807, 2.05) is 0 Å². The molecule has 1 atom stereocenters. The lowest BCUT2D eigenvalue weighted by atomic mass is 9.81. The van der Waals surface area contributed by atoms with E-state index in [4.69, 9.17) is 4.74 Å². The van der Waals surface area contributed by atoms with Crippen molar-refractivity contribution < 1.29 is 4.74 Å². The largest absolute Gasteiger partial charge is 0.381 e. The van der Waals surface area contributed by atoms with E-state index in [2.05, 4.69) is 35.9 Å². The molecular weight excluding hydrogens is 262 g/mol. The van der Waals surface area contributed by atoms with Gasteiger partial charge in [-0.1, -0.05) is 20.8 Å². The number of nitrogens with zero attached hydrogens (tertiary/aromatic N) is 2. The van der Waals surface area contributed by atoms with E-state index in [9.17, 15) is 0 Å². The van der Waals surface area contributed by atoms with Crippen LogP contribution in [0.1, 0.15) is 33.6 Å². The second-order valence-corrected chi connectivity index (χ2v) is 7.41. The monoisotopic (exact) mass is 297 g/mol. The molecule has 2 heterocycles. The number of hydrogen-bond acceptors (Lipinski definition) is 4. The first-order valence-electron chi connectivity index (χ1n) is 8.87. The molecule has 0 amide bonds. The highest BCUT2D eigenvalue weighted by Crippen LogP contribution is 2.29. The van der Waals surface area contributed by atoms with E-state index >= 15 is 0 Å². The first kappa shape index (κ1) is 17.2. The maximum atomic E-state index is 5.82. The highest BCUT2D eigenvalue weighted by Gasteiger charge is 2.35. The van der Waals surface area contributed by atoms with Crippen LogP contribution in [0.5, 0.6) is 0 Å². The van der Waals surface area contributed by atoms with Crippen molar-refractivity contribution in [1.29, 1.82) is 0 Å². The molecule has 4 heteroatoms. The fourth-order valence-electron chi connectivity index (χ4n) is 3.74. The molecule has 0 saturated carbocycles. The van der Waals surface area contributed by atoms with Crippen LogP contribution in [0.15, 0.2) is 0 Å².